The highest BCUT2D eigenvalue weighted by Gasteiger charge is 2.25. The first kappa shape index (κ1) is 16.5. The molecule has 25 heavy (non-hydrogen) atoms. The second-order valence-corrected chi connectivity index (χ2v) is 7.87. The summed E-state index contributed by atoms with van der Waals surface area (Å²) in [5.74, 6) is 1.04. The summed E-state index contributed by atoms with van der Waals surface area (Å²) < 4.78 is 0. The van der Waals surface area contributed by atoms with Gasteiger partial charge in [-0.25, -0.2) is 9.97 Å². The summed E-state index contributed by atoms with van der Waals surface area (Å²) in [7, 11) is 0. The van der Waals surface area contributed by atoms with Crippen LogP contribution in [0.3, 0.4) is 0 Å². The van der Waals surface area contributed by atoms with E-state index in [4.69, 9.17) is 9.97 Å². The third kappa shape index (κ3) is 3.15. The lowest BCUT2D eigenvalue weighted by atomic mass is 10.1. The first-order valence-corrected chi connectivity index (χ1v) is 9.96. The topological polar surface area (TPSA) is 49.3 Å². The lowest BCUT2D eigenvalue weighted by Gasteiger charge is -2.19. The van der Waals surface area contributed by atoms with E-state index in [1.807, 2.05) is 23.3 Å². The Morgan fingerprint density at radius 1 is 1.08 bits per heavy atom. The molecule has 2 aliphatic heterocycles. The molecule has 2 aromatic heterocycles. The van der Waals surface area contributed by atoms with Gasteiger partial charge in [-0.2, -0.15) is 0 Å². The molecule has 6 heteroatoms. The maximum atomic E-state index is 12.8. The average Bonchev–Trinajstić information content (AvgIpc) is 3.22. The summed E-state index contributed by atoms with van der Waals surface area (Å²) in [6.07, 6.45) is 4.11. The lowest BCUT2D eigenvalue weighted by Crippen LogP contribution is -2.33. The minimum Gasteiger partial charge on any atom is -0.341 e. The SMILES string of the molecule is Cc1ccsc1C(=O)N1CCc2nc(N3CCCC3)nc(C)c2CC1. The van der Waals surface area contributed by atoms with Crippen molar-refractivity contribution in [3.05, 3.63) is 38.8 Å². The van der Waals surface area contributed by atoms with Crippen LogP contribution in [-0.2, 0) is 12.8 Å². The van der Waals surface area contributed by atoms with Crippen molar-refractivity contribution in [2.24, 2.45) is 0 Å². The van der Waals surface area contributed by atoms with E-state index in [1.54, 1.807) is 0 Å². The Morgan fingerprint density at radius 3 is 2.56 bits per heavy atom. The quantitative estimate of drug-likeness (QED) is 0.830. The first-order valence-electron chi connectivity index (χ1n) is 9.08. The second-order valence-electron chi connectivity index (χ2n) is 6.95. The van der Waals surface area contributed by atoms with Gasteiger partial charge in [0.25, 0.3) is 5.91 Å². The van der Waals surface area contributed by atoms with Gasteiger partial charge < -0.3 is 9.80 Å². The number of hydrogen-bond donors (Lipinski definition) is 0. The van der Waals surface area contributed by atoms with E-state index in [1.165, 1.54) is 29.7 Å². The van der Waals surface area contributed by atoms with Crippen LogP contribution in [0, 0.1) is 13.8 Å². The van der Waals surface area contributed by atoms with E-state index >= 15 is 0 Å². The monoisotopic (exact) mass is 356 g/mol. The molecule has 1 fully saturated rings. The van der Waals surface area contributed by atoms with Crippen LogP contribution < -0.4 is 4.90 Å². The van der Waals surface area contributed by atoms with Crippen LogP contribution in [-0.4, -0.2) is 47.0 Å². The van der Waals surface area contributed by atoms with Crippen molar-refractivity contribution in [1.82, 2.24) is 14.9 Å². The third-order valence-corrected chi connectivity index (χ3v) is 6.27. The fourth-order valence-electron chi connectivity index (χ4n) is 3.77. The average molecular weight is 356 g/mol. The number of thiophene rings is 1. The Balaban J connectivity index is 1.56. The Labute approximate surface area is 152 Å². The molecular weight excluding hydrogens is 332 g/mol. The maximum Gasteiger partial charge on any atom is 0.264 e. The number of fused-ring (bicyclic) bond motifs is 1. The molecular formula is C19H24N4OS. The predicted octanol–water partition coefficient (Wildman–Crippen LogP) is 3.00. The second kappa shape index (κ2) is 6.75. The van der Waals surface area contributed by atoms with Crippen molar-refractivity contribution in [2.45, 2.75) is 39.5 Å². The van der Waals surface area contributed by atoms with Crippen LogP contribution in [0.1, 0.15) is 45.0 Å². The van der Waals surface area contributed by atoms with Gasteiger partial charge in [-0.1, -0.05) is 0 Å². The molecule has 0 saturated carbocycles. The van der Waals surface area contributed by atoms with Crippen molar-refractivity contribution in [3.63, 3.8) is 0 Å². The highest BCUT2D eigenvalue weighted by Crippen LogP contribution is 2.24. The number of aryl methyl sites for hydroxylation is 2. The fraction of sp³-hybridized carbons (Fsp3) is 0.526. The number of carbonyl (C=O) groups is 1. The number of rotatable bonds is 2. The van der Waals surface area contributed by atoms with Gasteiger partial charge in [0.15, 0.2) is 0 Å². The van der Waals surface area contributed by atoms with Crippen LogP contribution in [0.5, 0.6) is 0 Å². The zero-order valence-electron chi connectivity index (χ0n) is 14.9. The van der Waals surface area contributed by atoms with E-state index in [0.717, 1.165) is 66.8 Å². The molecule has 0 unspecified atom stereocenters. The number of amides is 1. The normalized spacial score (nSPS) is 17.5. The van der Waals surface area contributed by atoms with Gasteiger partial charge in [0.05, 0.1) is 10.6 Å². The maximum absolute atomic E-state index is 12.8. The Hall–Kier alpha value is -1.95. The third-order valence-electron chi connectivity index (χ3n) is 5.27. The molecule has 0 aliphatic carbocycles. The zero-order chi connectivity index (χ0) is 17.4. The molecule has 0 spiro atoms. The Morgan fingerprint density at radius 2 is 1.84 bits per heavy atom. The summed E-state index contributed by atoms with van der Waals surface area (Å²) in [6, 6.07) is 2.02. The van der Waals surface area contributed by atoms with Crippen LogP contribution >= 0.6 is 11.3 Å². The number of anilines is 1. The summed E-state index contributed by atoms with van der Waals surface area (Å²) in [4.78, 5) is 27.6. The molecule has 0 atom stereocenters. The molecule has 0 aromatic carbocycles. The lowest BCUT2D eigenvalue weighted by molar-refractivity contribution is 0.0767. The van der Waals surface area contributed by atoms with E-state index in [-0.39, 0.29) is 5.91 Å². The number of carbonyl (C=O) groups excluding carboxylic acids is 1. The van der Waals surface area contributed by atoms with Crippen molar-refractivity contribution in [3.8, 4) is 0 Å². The van der Waals surface area contributed by atoms with E-state index < -0.39 is 0 Å². The zero-order valence-corrected chi connectivity index (χ0v) is 15.7. The fourth-order valence-corrected chi connectivity index (χ4v) is 4.66. The molecule has 2 aromatic rings. The van der Waals surface area contributed by atoms with Crippen LogP contribution in [0.15, 0.2) is 11.4 Å². The number of nitrogens with zero attached hydrogens (tertiary/aromatic N) is 4. The summed E-state index contributed by atoms with van der Waals surface area (Å²) in [5.41, 5.74) is 4.52. The number of hydrogen-bond acceptors (Lipinski definition) is 5. The summed E-state index contributed by atoms with van der Waals surface area (Å²) in [6.45, 7) is 7.69. The highest BCUT2D eigenvalue weighted by atomic mass is 32.1. The van der Waals surface area contributed by atoms with E-state index in [2.05, 4.69) is 11.8 Å². The van der Waals surface area contributed by atoms with Gasteiger partial charge in [0, 0.05) is 38.3 Å². The van der Waals surface area contributed by atoms with Crippen LogP contribution in [0.25, 0.3) is 0 Å². The predicted molar refractivity (Wildman–Crippen MR) is 101 cm³/mol. The molecule has 0 bridgehead atoms. The molecule has 0 N–H and O–H groups in total. The Bertz CT molecular complexity index is 795. The van der Waals surface area contributed by atoms with Crippen LogP contribution in [0.4, 0.5) is 5.95 Å². The molecule has 4 rings (SSSR count). The van der Waals surface area contributed by atoms with Gasteiger partial charge in [-0.15, -0.1) is 11.3 Å². The molecule has 1 amide bonds. The van der Waals surface area contributed by atoms with Crippen molar-refractivity contribution in [2.75, 3.05) is 31.1 Å². The van der Waals surface area contributed by atoms with Gasteiger partial charge in [0.1, 0.15) is 0 Å². The summed E-state index contributed by atoms with van der Waals surface area (Å²) in [5, 5.41) is 1.99. The van der Waals surface area contributed by atoms with Crippen molar-refractivity contribution >= 4 is 23.2 Å². The smallest absolute Gasteiger partial charge is 0.264 e. The first-order chi connectivity index (χ1) is 12.1. The molecule has 0 radical (unpaired) electrons. The van der Waals surface area contributed by atoms with Gasteiger partial charge >= 0.3 is 0 Å². The summed E-state index contributed by atoms with van der Waals surface area (Å²) >= 11 is 1.54. The molecule has 132 valence electrons. The number of aromatic nitrogens is 2. The van der Waals surface area contributed by atoms with Gasteiger partial charge in [-0.05, 0) is 55.7 Å². The standard InChI is InChI=1S/C19H24N4OS/c1-13-7-12-25-17(13)18(24)22-10-5-15-14(2)20-19(21-16(15)6-11-22)23-8-3-4-9-23/h7,12H,3-6,8-11H2,1-2H3. The molecule has 5 nitrogen and oxygen atoms in total. The molecule has 1 saturated heterocycles. The highest BCUT2D eigenvalue weighted by molar-refractivity contribution is 7.12. The van der Waals surface area contributed by atoms with E-state index in [0.29, 0.717) is 0 Å². The minimum atomic E-state index is 0.158. The van der Waals surface area contributed by atoms with Gasteiger partial charge in [0.2, 0.25) is 5.95 Å². The minimum absolute atomic E-state index is 0.158. The molecule has 2 aliphatic rings. The van der Waals surface area contributed by atoms with Gasteiger partial charge in [-0.3, -0.25) is 4.79 Å². The molecule has 4 heterocycles. The van der Waals surface area contributed by atoms with Crippen molar-refractivity contribution in [1.29, 1.82) is 0 Å². The van der Waals surface area contributed by atoms with Crippen LogP contribution in [0.2, 0.25) is 0 Å². The Kier molecular flexibility index (Phi) is 4.46. The largest absolute Gasteiger partial charge is 0.341 e. The van der Waals surface area contributed by atoms with E-state index in [9.17, 15) is 4.79 Å². The van der Waals surface area contributed by atoms with Crippen molar-refractivity contribution < 1.29 is 4.79 Å².